The summed E-state index contributed by atoms with van der Waals surface area (Å²) < 4.78 is 4.98. The van der Waals surface area contributed by atoms with E-state index in [1.165, 1.54) is 0 Å². The summed E-state index contributed by atoms with van der Waals surface area (Å²) in [4.78, 5) is 23.4. The third-order valence-corrected chi connectivity index (χ3v) is 3.56. The first-order chi connectivity index (χ1) is 8.38. The second-order valence-corrected chi connectivity index (χ2v) is 5.85. The number of carbonyl (C=O) groups is 2. The number of nitrogens with one attached hydrogen (secondary N) is 1. The quantitative estimate of drug-likeness (QED) is 0.561. The molecular weight excluding hydrogens is 232 g/mol. The minimum absolute atomic E-state index is 0.0516. The molecule has 0 spiro atoms. The third-order valence-electron chi connectivity index (χ3n) is 3.56. The fourth-order valence-electron chi connectivity index (χ4n) is 2.41. The normalized spacial score (nSPS) is 33.5. The summed E-state index contributed by atoms with van der Waals surface area (Å²) in [6.07, 6.45) is 5.07. The summed E-state index contributed by atoms with van der Waals surface area (Å²) >= 11 is 0. The standard InChI is InChI=1S/C13H20N2O3/c1-13(2)7-18-12(17)11(13)15-10(16)6-8-3-4-9(14)5-8/h3-4,8-9,11H,5-7,14H2,1-2H3,(H,15,16)/t8-,9+,11?/m0/s1. The van der Waals surface area contributed by atoms with E-state index in [0.717, 1.165) is 6.42 Å². The van der Waals surface area contributed by atoms with Crippen molar-refractivity contribution in [2.45, 2.75) is 38.8 Å². The molecule has 0 saturated carbocycles. The van der Waals surface area contributed by atoms with Crippen LogP contribution in [0.5, 0.6) is 0 Å². The molecule has 1 saturated heterocycles. The van der Waals surface area contributed by atoms with Crippen molar-refractivity contribution in [3.8, 4) is 0 Å². The number of rotatable bonds is 3. The van der Waals surface area contributed by atoms with Crippen LogP contribution in [0.15, 0.2) is 12.2 Å². The van der Waals surface area contributed by atoms with Crippen LogP contribution in [0.4, 0.5) is 0 Å². The minimum Gasteiger partial charge on any atom is -0.463 e. The second-order valence-electron chi connectivity index (χ2n) is 5.85. The molecule has 0 aromatic carbocycles. The van der Waals surface area contributed by atoms with Crippen LogP contribution in [-0.2, 0) is 14.3 Å². The van der Waals surface area contributed by atoms with Gasteiger partial charge in [-0.15, -0.1) is 0 Å². The van der Waals surface area contributed by atoms with Crippen LogP contribution < -0.4 is 11.1 Å². The zero-order valence-corrected chi connectivity index (χ0v) is 10.8. The van der Waals surface area contributed by atoms with Gasteiger partial charge in [-0.2, -0.15) is 0 Å². The molecule has 1 amide bonds. The van der Waals surface area contributed by atoms with E-state index in [2.05, 4.69) is 5.32 Å². The lowest BCUT2D eigenvalue weighted by molar-refractivity contribution is -0.141. The van der Waals surface area contributed by atoms with Crippen LogP contribution in [0.25, 0.3) is 0 Å². The Morgan fingerprint density at radius 1 is 1.56 bits per heavy atom. The van der Waals surface area contributed by atoms with Gasteiger partial charge in [0.05, 0.1) is 6.61 Å². The fraction of sp³-hybridized carbons (Fsp3) is 0.692. The average Bonchev–Trinajstić information content (AvgIpc) is 2.77. The van der Waals surface area contributed by atoms with Gasteiger partial charge in [0.15, 0.2) is 0 Å². The average molecular weight is 252 g/mol. The number of allylic oxidation sites excluding steroid dienone is 1. The maximum absolute atomic E-state index is 11.9. The molecular formula is C13H20N2O3. The minimum atomic E-state index is -0.538. The number of cyclic esters (lactones) is 1. The molecule has 0 aromatic heterocycles. The van der Waals surface area contributed by atoms with Gasteiger partial charge in [-0.1, -0.05) is 26.0 Å². The molecule has 1 unspecified atom stereocenters. The van der Waals surface area contributed by atoms with Crippen molar-refractivity contribution in [2.24, 2.45) is 17.1 Å². The van der Waals surface area contributed by atoms with Crippen LogP contribution in [-0.4, -0.2) is 30.6 Å². The molecule has 100 valence electrons. The Kier molecular flexibility index (Phi) is 3.43. The van der Waals surface area contributed by atoms with E-state index < -0.39 is 6.04 Å². The highest BCUT2D eigenvalue weighted by Crippen LogP contribution is 2.29. The van der Waals surface area contributed by atoms with E-state index in [4.69, 9.17) is 10.5 Å². The van der Waals surface area contributed by atoms with Crippen LogP contribution in [0.3, 0.4) is 0 Å². The van der Waals surface area contributed by atoms with Crippen LogP contribution in [0.1, 0.15) is 26.7 Å². The van der Waals surface area contributed by atoms with Crippen molar-refractivity contribution in [1.82, 2.24) is 5.32 Å². The van der Waals surface area contributed by atoms with Crippen LogP contribution in [0, 0.1) is 11.3 Å². The van der Waals surface area contributed by atoms with E-state index in [9.17, 15) is 9.59 Å². The maximum atomic E-state index is 11.9. The molecule has 18 heavy (non-hydrogen) atoms. The summed E-state index contributed by atoms with van der Waals surface area (Å²) in [6.45, 7) is 4.17. The molecule has 2 rings (SSSR count). The Labute approximate surface area is 107 Å². The molecule has 5 nitrogen and oxygen atoms in total. The maximum Gasteiger partial charge on any atom is 0.329 e. The monoisotopic (exact) mass is 252 g/mol. The largest absolute Gasteiger partial charge is 0.463 e. The SMILES string of the molecule is CC1(C)COC(=O)C1NC(=O)C[C@H]1C=C[C@@H](N)C1. The first-order valence-electron chi connectivity index (χ1n) is 6.28. The number of carbonyl (C=O) groups excluding carboxylic acids is 2. The van der Waals surface area contributed by atoms with Gasteiger partial charge in [0.25, 0.3) is 0 Å². The van der Waals surface area contributed by atoms with Crippen molar-refractivity contribution >= 4 is 11.9 Å². The number of hydrogen-bond donors (Lipinski definition) is 2. The summed E-state index contributed by atoms with van der Waals surface area (Å²) in [6, 6.07) is -0.486. The smallest absolute Gasteiger partial charge is 0.329 e. The number of ether oxygens (including phenoxy) is 1. The number of amides is 1. The Hall–Kier alpha value is -1.36. The van der Waals surface area contributed by atoms with Crippen molar-refractivity contribution in [3.63, 3.8) is 0 Å². The molecule has 0 aromatic rings. The first kappa shape index (κ1) is 13.1. The predicted molar refractivity (Wildman–Crippen MR) is 66.5 cm³/mol. The highest BCUT2D eigenvalue weighted by Gasteiger charge is 2.44. The number of nitrogens with two attached hydrogens (primary N) is 1. The molecule has 0 bridgehead atoms. The van der Waals surface area contributed by atoms with Gasteiger partial charge in [-0.25, -0.2) is 4.79 Å². The Morgan fingerprint density at radius 2 is 2.28 bits per heavy atom. The highest BCUT2D eigenvalue weighted by molar-refractivity contribution is 5.86. The topological polar surface area (TPSA) is 81.4 Å². The Bertz CT molecular complexity index is 390. The summed E-state index contributed by atoms with van der Waals surface area (Å²) in [5.74, 6) is -0.275. The molecule has 5 heteroatoms. The number of hydrogen-bond acceptors (Lipinski definition) is 4. The van der Waals surface area contributed by atoms with Crippen molar-refractivity contribution in [2.75, 3.05) is 6.61 Å². The molecule has 0 radical (unpaired) electrons. The van der Waals surface area contributed by atoms with Gasteiger partial charge in [0, 0.05) is 17.9 Å². The van der Waals surface area contributed by atoms with Crippen molar-refractivity contribution in [1.29, 1.82) is 0 Å². The van der Waals surface area contributed by atoms with Gasteiger partial charge in [0.1, 0.15) is 6.04 Å². The lowest BCUT2D eigenvalue weighted by atomic mass is 9.87. The second kappa shape index (κ2) is 4.72. The van der Waals surface area contributed by atoms with Crippen molar-refractivity contribution in [3.05, 3.63) is 12.2 Å². The van der Waals surface area contributed by atoms with E-state index in [1.54, 1.807) is 0 Å². The van der Waals surface area contributed by atoms with Gasteiger partial charge in [-0.05, 0) is 12.3 Å². The van der Waals surface area contributed by atoms with Gasteiger partial charge >= 0.3 is 5.97 Å². The van der Waals surface area contributed by atoms with Gasteiger partial charge in [0.2, 0.25) is 5.91 Å². The fourth-order valence-corrected chi connectivity index (χ4v) is 2.41. The molecule has 3 N–H and O–H groups in total. The lowest BCUT2D eigenvalue weighted by Crippen LogP contribution is -2.46. The van der Waals surface area contributed by atoms with E-state index in [0.29, 0.717) is 13.0 Å². The Balaban J connectivity index is 1.88. The van der Waals surface area contributed by atoms with E-state index >= 15 is 0 Å². The van der Waals surface area contributed by atoms with E-state index in [-0.39, 0.29) is 29.3 Å². The third kappa shape index (κ3) is 2.72. The van der Waals surface area contributed by atoms with Crippen LogP contribution >= 0.6 is 0 Å². The Morgan fingerprint density at radius 3 is 2.78 bits per heavy atom. The predicted octanol–water partition coefficient (Wildman–Crippen LogP) is 0.348. The molecule has 1 fully saturated rings. The zero-order chi connectivity index (χ0) is 13.3. The lowest BCUT2D eigenvalue weighted by Gasteiger charge is -2.23. The molecule has 3 atom stereocenters. The van der Waals surface area contributed by atoms with Gasteiger partial charge in [-0.3, -0.25) is 4.79 Å². The summed E-state index contributed by atoms with van der Waals surface area (Å²) in [5, 5.41) is 2.77. The van der Waals surface area contributed by atoms with Crippen molar-refractivity contribution < 1.29 is 14.3 Å². The molecule has 1 heterocycles. The molecule has 1 aliphatic heterocycles. The molecule has 1 aliphatic carbocycles. The molecule has 2 aliphatic rings. The van der Waals surface area contributed by atoms with Gasteiger partial charge < -0.3 is 15.8 Å². The summed E-state index contributed by atoms with van der Waals surface area (Å²) in [5.41, 5.74) is 5.40. The number of esters is 1. The van der Waals surface area contributed by atoms with E-state index in [1.807, 2.05) is 26.0 Å². The first-order valence-corrected chi connectivity index (χ1v) is 6.28. The summed E-state index contributed by atoms with van der Waals surface area (Å²) in [7, 11) is 0. The highest BCUT2D eigenvalue weighted by atomic mass is 16.5. The van der Waals surface area contributed by atoms with Crippen LogP contribution in [0.2, 0.25) is 0 Å². The zero-order valence-electron chi connectivity index (χ0n) is 10.8.